The zero-order chi connectivity index (χ0) is 19.3. The summed E-state index contributed by atoms with van der Waals surface area (Å²) in [5.74, 6) is 0.366. The van der Waals surface area contributed by atoms with E-state index in [1.165, 1.54) is 18.3 Å². The van der Waals surface area contributed by atoms with Crippen molar-refractivity contribution in [3.8, 4) is 5.75 Å². The molecule has 5 nitrogen and oxygen atoms in total. The highest BCUT2D eigenvalue weighted by Gasteiger charge is 2.21. The van der Waals surface area contributed by atoms with Gasteiger partial charge in [-0.05, 0) is 43.3 Å². The molecule has 26 heavy (non-hydrogen) atoms. The van der Waals surface area contributed by atoms with Gasteiger partial charge in [-0.15, -0.1) is 11.3 Å². The number of nitrogens with one attached hydrogen (secondary N) is 1. The molecule has 1 heterocycles. The molecule has 2 aromatic rings. The van der Waals surface area contributed by atoms with Crippen molar-refractivity contribution in [1.82, 2.24) is 5.32 Å². The average Bonchev–Trinajstić information content (AvgIpc) is 3.06. The Balaban J connectivity index is 1.87. The Kier molecular flexibility index (Phi) is 6.32. The van der Waals surface area contributed by atoms with Crippen LogP contribution < -0.4 is 10.1 Å². The lowest BCUT2D eigenvalue weighted by atomic mass is 9.96. The van der Waals surface area contributed by atoms with E-state index in [9.17, 15) is 14.4 Å². The van der Waals surface area contributed by atoms with Gasteiger partial charge in [0.15, 0.2) is 12.4 Å². The summed E-state index contributed by atoms with van der Waals surface area (Å²) in [6.07, 6.45) is 0. The van der Waals surface area contributed by atoms with Crippen molar-refractivity contribution in [2.75, 3.05) is 6.61 Å². The summed E-state index contributed by atoms with van der Waals surface area (Å²) in [4.78, 5) is 36.9. The molecule has 0 aliphatic heterocycles. The van der Waals surface area contributed by atoms with Gasteiger partial charge in [-0.2, -0.15) is 0 Å². The van der Waals surface area contributed by atoms with Gasteiger partial charge in [-0.25, -0.2) is 0 Å². The molecule has 0 aliphatic rings. The zero-order valence-electron chi connectivity index (χ0n) is 15.4. The third-order valence-corrected chi connectivity index (χ3v) is 4.80. The van der Waals surface area contributed by atoms with Gasteiger partial charge in [0.05, 0.1) is 11.4 Å². The second-order valence-electron chi connectivity index (χ2n) is 6.99. The van der Waals surface area contributed by atoms with Crippen LogP contribution in [0.1, 0.15) is 52.6 Å². The first-order chi connectivity index (χ1) is 12.2. The van der Waals surface area contributed by atoms with E-state index in [0.717, 1.165) is 4.88 Å². The molecule has 0 saturated carbocycles. The number of ether oxygens (including phenoxy) is 1. The Morgan fingerprint density at radius 2 is 1.69 bits per heavy atom. The van der Waals surface area contributed by atoms with Crippen molar-refractivity contribution in [3.63, 3.8) is 0 Å². The van der Waals surface area contributed by atoms with Crippen LogP contribution in [-0.4, -0.2) is 24.1 Å². The number of ketones is 2. The summed E-state index contributed by atoms with van der Waals surface area (Å²) in [6, 6.07) is 10.3. The number of benzene rings is 1. The monoisotopic (exact) mass is 373 g/mol. The van der Waals surface area contributed by atoms with E-state index >= 15 is 0 Å². The molecular weight excluding hydrogens is 350 g/mol. The lowest BCUT2D eigenvalue weighted by Crippen LogP contribution is -2.34. The topological polar surface area (TPSA) is 72.5 Å². The van der Waals surface area contributed by atoms with Crippen LogP contribution in [0.25, 0.3) is 0 Å². The van der Waals surface area contributed by atoms with Crippen LogP contribution in [0.3, 0.4) is 0 Å². The maximum Gasteiger partial charge on any atom is 0.225 e. The highest BCUT2D eigenvalue weighted by Crippen LogP contribution is 2.19. The van der Waals surface area contributed by atoms with Crippen molar-refractivity contribution in [3.05, 3.63) is 51.7 Å². The molecule has 0 fully saturated rings. The van der Waals surface area contributed by atoms with E-state index < -0.39 is 5.41 Å². The number of carbonyl (C=O) groups is 3. The predicted molar refractivity (Wildman–Crippen MR) is 102 cm³/mol. The number of Topliss-reactive ketones (excluding diaryl/α,β-unsaturated/α-hetero) is 2. The molecule has 0 unspecified atom stereocenters. The minimum absolute atomic E-state index is 0.0164. The van der Waals surface area contributed by atoms with E-state index in [2.05, 4.69) is 5.32 Å². The first-order valence-electron chi connectivity index (χ1n) is 8.31. The number of hydrogen-bond acceptors (Lipinski definition) is 5. The van der Waals surface area contributed by atoms with Crippen LogP contribution in [0, 0.1) is 5.41 Å². The smallest absolute Gasteiger partial charge is 0.225 e. The summed E-state index contributed by atoms with van der Waals surface area (Å²) in [5, 5.41) is 2.86. The van der Waals surface area contributed by atoms with Gasteiger partial charge in [0.1, 0.15) is 5.75 Å². The van der Waals surface area contributed by atoms with Crippen LogP contribution in [0.15, 0.2) is 36.4 Å². The van der Waals surface area contributed by atoms with E-state index in [0.29, 0.717) is 22.7 Å². The van der Waals surface area contributed by atoms with Gasteiger partial charge in [0.25, 0.3) is 0 Å². The van der Waals surface area contributed by atoms with Gasteiger partial charge in [0.2, 0.25) is 11.7 Å². The number of amides is 1. The maximum atomic E-state index is 12.2. The van der Waals surface area contributed by atoms with E-state index in [-0.39, 0.29) is 24.1 Å². The predicted octanol–water partition coefficient (Wildman–Crippen LogP) is 3.87. The van der Waals surface area contributed by atoms with Crippen molar-refractivity contribution >= 4 is 28.8 Å². The molecule has 0 atom stereocenters. The number of thiophene rings is 1. The number of rotatable bonds is 7. The SMILES string of the molecule is CC(=O)c1ccc(OCC(=O)c2ccc(CNC(=O)C(C)(C)C)s2)cc1. The Morgan fingerprint density at radius 1 is 1.04 bits per heavy atom. The fourth-order valence-corrected chi connectivity index (χ4v) is 2.93. The van der Waals surface area contributed by atoms with E-state index in [1.54, 1.807) is 30.3 Å². The second kappa shape index (κ2) is 8.27. The minimum Gasteiger partial charge on any atom is -0.485 e. The van der Waals surface area contributed by atoms with Crippen molar-refractivity contribution in [2.45, 2.75) is 34.2 Å². The summed E-state index contributed by atoms with van der Waals surface area (Å²) >= 11 is 1.35. The Hall–Kier alpha value is -2.47. The Morgan fingerprint density at radius 3 is 2.27 bits per heavy atom. The molecule has 1 amide bonds. The van der Waals surface area contributed by atoms with Crippen LogP contribution in [0.2, 0.25) is 0 Å². The van der Waals surface area contributed by atoms with Gasteiger partial charge in [0, 0.05) is 15.9 Å². The van der Waals surface area contributed by atoms with Crippen LogP contribution in [0.4, 0.5) is 0 Å². The molecular formula is C20H23NO4S. The summed E-state index contributed by atoms with van der Waals surface area (Å²) < 4.78 is 5.49. The van der Waals surface area contributed by atoms with E-state index in [4.69, 9.17) is 4.74 Å². The highest BCUT2D eigenvalue weighted by molar-refractivity contribution is 7.14. The quantitative estimate of drug-likeness (QED) is 0.748. The lowest BCUT2D eigenvalue weighted by molar-refractivity contribution is -0.128. The van der Waals surface area contributed by atoms with Crippen LogP contribution in [0.5, 0.6) is 5.75 Å². The molecule has 0 aliphatic carbocycles. The average molecular weight is 373 g/mol. The Labute approximate surface area is 157 Å². The summed E-state index contributed by atoms with van der Waals surface area (Å²) in [6.45, 7) is 7.39. The molecule has 1 aromatic carbocycles. The fraction of sp³-hybridized carbons (Fsp3) is 0.350. The normalized spacial score (nSPS) is 11.1. The third-order valence-electron chi connectivity index (χ3n) is 3.67. The fourth-order valence-electron chi connectivity index (χ4n) is 2.06. The number of carbonyl (C=O) groups excluding carboxylic acids is 3. The molecule has 0 saturated heterocycles. The first-order valence-corrected chi connectivity index (χ1v) is 9.12. The maximum absolute atomic E-state index is 12.2. The molecule has 138 valence electrons. The largest absolute Gasteiger partial charge is 0.485 e. The summed E-state index contributed by atoms with van der Waals surface area (Å²) in [7, 11) is 0. The molecule has 1 N–H and O–H groups in total. The second-order valence-corrected chi connectivity index (χ2v) is 8.16. The van der Waals surface area contributed by atoms with Crippen molar-refractivity contribution < 1.29 is 19.1 Å². The third kappa shape index (κ3) is 5.52. The zero-order valence-corrected chi connectivity index (χ0v) is 16.2. The molecule has 6 heteroatoms. The minimum atomic E-state index is -0.443. The van der Waals surface area contributed by atoms with Gasteiger partial charge < -0.3 is 10.1 Å². The standard InChI is InChI=1S/C20H23NO4S/c1-13(22)14-5-7-15(8-6-14)25-12-17(23)18-10-9-16(26-18)11-21-19(24)20(2,3)4/h5-10H,11-12H2,1-4H3,(H,21,24). The molecule has 0 bridgehead atoms. The van der Waals surface area contributed by atoms with Crippen LogP contribution in [-0.2, 0) is 11.3 Å². The van der Waals surface area contributed by atoms with E-state index in [1.807, 2.05) is 26.8 Å². The molecule has 2 rings (SSSR count). The van der Waals surface area contributed by atoms with Gasteiger partial charge in [-0.3, -0.25) is 14.4 Å². The lowest BCUT2D eigenvalue weighted by Gasteiger charge is -2.17. The summed E-state index contributed by atoms with van der Waals surface area (Å²) in [5.41, 5.74) is 0.158. The molecule has 0 spiro atoms. The van der Waals surface area contributed by atoms with Crippen molar-refractivity contribution in [1.29, 1.82) is 0 Å². The van der Waals surface area contributed by atoms with Crippen LogP contribution >= 0.6 is 11.3 Å². The number of hydrogen-bond donors (Lipinski definition) is 1. The highest BCUT2D eigenvalue weighted by atomic mass is 32.1. The molecule has 0 radical (unpaired) electrons. The Bertz CT molecular complexity index is 800. The van der Waals surface area contributed by atoms with Crippen molar-refractivity contribution in [2.24, 2.45) is 5.41 Å². The van der Waals surface area contributed by atoms with Gasteiger partial charge in [-0.1, -0.05) is 20.8 Å². The molecule has 1 aromatic heterocycles. The first kappa shape index (κ1) is 19.8. The van der Waals surface area contributed by atoms with Gasteiger partial charge >= 0.3 is 0 Å².